The lowest BCUT2D eigenvalue weighted by atomic mass is 10.2. The number of hydrogen-bond donors (Lipinski definition) is 3. The Hall–Kier alpha value is -1.86. The molecule has 0 saturated heterocycles. The first-order valence-corrected chi connectivity index (χ1v) is 6.93. The van der Waals surface area contributed by atoms with Crippen molar-refractivity contribution >= 4 is 33.9 Å². The second-order valence-corrected chi connectivity index (χ2v) is 5.07. The average Bonchev–Trinajstić information content (AvgIpc) is 2.45. The molecule has 1 rings (SSSR count). The normalized spacial score (nSPS) is 12.1. The fourth-order valence-corrected chi connectivity index (χ4v) is 1.89. The first-order chi connectivity index (χ1) is 9.93. The van der Waals surface area contributed by atoms with Crippen LogP contribution in [0, 0.1) is 0 Å². The van der Waals surface area contributed by atoms with Crippen molar-refractivity contribution in [2.24, 2.45) is 0 Å². The van der Waals surface area contributed by atoms with Crippen molar-refractivity contribution in [3.8, 4) is 5.75 Å². The second-order valence-electron chi connectivity index (χ2n) is 4.15. The van der Waals surface area contributed by atoms with Gasteiger partial charge in [0.2, 0.25) is 5.91 Å². The Morgan fingerprint density at radius 2 is 2.19 bits per heavy atom. The largest absolute Gasteiger partial charge is 0.496 e. The van der Waals surface area contributed by atoms with Gasteiger partial charge in [0.05, 0.1) is 7.11 Å². The van der Waals surface area contributed by atoms with Crippen LogP contribution in [0.3, 0.4) is 0 Å². The van der Waals surface area contributed by atoms with E-state index in [1.54, 1.807) is 18.2 Å². The van der Waals surface area contributed by atoms with Crippen molar-refractivity contribution in [1.29, 1.82) is 0 Å². The topological polar surface area (TPSA) is 95.9 Å². The number of carboxylic acid groups (broad SMARTS) is 1. The van der Waals surface area contributed by atoms with E-state index >= 15 is 0 Å². The molecule has 1 unspecified atom stereocenters. The summed E-state index contributed by atoms with van der Waals surface area (Å²) in [7, 11) is 1.54. The minimum Gasteiger partial charge on any atom is -0.496 e. The SMILES string of the molecule is COc1ccc(Br)cc1/C=C/C(=O)NCCC(O)C(=O)O. The molecule has 0 aliphatic rings. The zero-order valence-electron chi connectivity index (χ0n) is 11.4. The quantitative estimate of drug-likeness (QED) is 0.641. The lowest BCUT2D eigenvalue weighted by Gasteiger charge is -2.06. The van der Waals surface area contributed by atoms with Crippen molar-refractivity contribution in [2.45, 2.75) is 12.5 Å². The van der Waals surface area contributed by atoms with Gasteiger partial charge in [-0.2, -0.15) is 0 Å². The second kappa shape index (κ2) is 8.43. The summed E-state index contributed by atoms with van der Waals surface area (Å²) in [4.78, 5) is 22.0. The molecule has 0 aliphatic heterocycles. The minimum atomic E-state index is -1.47. The molecule has 0 heterocycles. The van der Waals surface area contributed by atoms with Gasteiger partial charge in [0.1, 0.15) is 5.75 Å². The zero-order valence-corrected chi connectivity index (χ0v) is 13.0. The van der Waals surface area contributed by atoms with Crippen molar-refractivity contribution in [2.75, 3.05) is 13.7 Å². The fourth-order valence-electron chi connectivity index (χ4n) is 1.52. The van der Waals surface area contributed by atoms with Gasteiger partial charge >= 0.3 is 5.97 Å². The number of aliphatic hydroxyl groups excluding tert-OH is 1. The molecule has 1 atom stereocenters. The zero-order chi connectivity index (χ0) is 15.8. The van der Waals surface area contributed by atoms with Gasteiger partial charge in [-0.25, -0.2) is 4.79 Å². The van der Waals surface area contributed by atoms with E-state index in [9.17, 15) is 9.59 Å². The summed E-state index contributed by atoms with van der Waals surface area (Å²) < 4.78 is 6.02. The van der Waals surface area contributed by atoms with Gasteiger partial charge < -0.3 is 20.3 Å². The first-order valence-electron chi connectivity index (χ1n) is 6.14. The number of benzene rings is 1. The molecule has 1 aromatic carbocycles. The van der Waals surface area contributed by atoms with Crippen LogP contribution in [0.1, 0.15) is 12.0 Å². The van der Waals surface area contributed by atoms with Gasteiger partial charge in [-0.05, 0) is 24.3 Å². The Kier molecular flexibility index (Phi) is 6.90. The molecule has 3 N–H and O–H groups in total. The number of aliphatic hydroxyl groups is 1. The number of aliphatic carboxylic acids is 1. The fraction of sp³-hybridized carbons (Fsp3) is 0.286. The third-order valence-electron chi connectivity index (χ3n) is 2.61. The number of nitrogens with one attached hydrogen (secondary N) is 1. The van der Waals surface area contributed by atoms with Crippen LogP contribution < -0.4 is 10.1 Å². The van der Waals surface area contributed by atoms with E-state index in [0.29, 0.717) is 5.75 Å². The number of hydrogen-bond acceptors (Lipinski definition) is 4. The Morgan fingerprint density at radius 3 is 2.81 bits per heavy atom. The van der Waals surface area contributed by atoms with Crippen LogP contribution >= 0.6 is 15.9 Å². The first kappa shape index (κ1) is 17.2. The predicted molar refractivity (Wildman–Crippen MR) is 81.0 cm³/mol. The standard InChI is InChI=1S/C14H16BrNO5/c1-21-12-4-3-10(15)8-9(12)2-5-13(18)16-7-6-11(17)14(19)20/h2-5,8,11,17H,6-7H2,1H3,(H,16,18)(H,19,20)/b5-2+. The number of carboxylic acids is 1. The van der Waals surface area contributed by atoms with E-state index in [1.165, 1.54) is 13.2 Å². The van der Waals surface area contributed by atoms with E-state index in [0.717, 1.165) is 10.0 Å². The average molecular weight is 358 g/mol. The number of methoxy groups -OCH3 is 1. The number of amides is 1. The molecule has 1 aromatic rings. The molecule has 6 nitrogen and oxygen atoms in total. The van der Waals surface area contributed by atoms with Crippen molar-refractivity contribution < 1.29 is 24.5 Å². The van der Waals surface area contributed by atoms with E-state index in [-0.39, 0.29) is 18.9 Å². The maximum Gasteiger partial charge on any atom is 0.332 e. The summed E-state index contributed by atoms with van der Waals surface area (Å²) in [5.74, 6) is -1.06. The third-order valence-corrected chi connectivity index (χ3v) is 3.10. The molecule has 0 spiro atoms. The van der Waals surface area contributed by atoms with Gasteiger partial charge in [0.25, 0.3) is 0 Å². The summed E-state index contributed by atoms with van der Waals surface area (Å²) in [6.07, 6.45) is 1.39. The summed E-state index contributed by atoms with van der Waals surface area (Å²) in [6, 6.07) is 5.39. The van der Waals surface area contributed by atoms with Crippen molar-refractivity contribution in [3.05, 3.63) is 34.3 Å². The van der Waals surface area contributed by atoms with E-state index < -0.39 is 12.1 Å². The molecule has 1 amide bonds. The number of rotatable bonds is 7. The number of ether oxygens (including phenoxy) is 1. The lowest BCUT2D eigenvalue weighted by molar-refractivity contribution is -0.147. The van der Waals surface area contributed by atoms with Crippen LogP contribution in [0.15, 0.2) is 28.7 Å². The lowest BCUT2D eigenvalue weighted by Crippen LogP contribution is -2.28. The molecule has 21 heavy (non-hydrogen) atoms. The molecule has 7 heteroatoms. The van der Waals surface area contributed by atoms with Crippen LogP contribution in [0.25, 0.3) is 6.08 Å². The Labute approximate surface area is 130 Å². The molecule has 0 aliphatic carbocycles. The van der Waals surface area contributed by atoms with E-state index in [1.807, 2.05) is 6.07 Å². The number of carbonyl (C=O) groups excluding carboxylic acids is 1. The highest BCUT2D eigenvalue weighted by atomic mass is 79.9. The van der Waals surface area contributed by atoms with Gasteiger partial charge in [-0.15, -0.1) is 0 Å². The highest BCUT2D eigenvalue weighted by Gasteiger charge is 2.12. The molecule has 0 aromatic heterocycles. The van der Waals surface area contributed by atoms with Gasteiger partial charge in [0.15, 0.2) is 6.10 Å². The summed E-state index contributed by atoms with van der Waals surface area (Å²) in [6.45, 7) is 0.0757. The van der Waals surface area contributed by atoms with Gasteiger partial charge in [-0.1, -0.05) is 15.9 Å². The number of carbonyl (C=O) groups is 2. The number of halogens is 1. The smallest absolute Gasteiger partial charge is 0.332 e. The van der Waals surface area contributed by atoms with Crippen LogP contribution in [-0.4, -0.2) is 41.8 Å². The highest BCUT2D eigenvalue weighted by Crippen LogP contribution is 2.23. The maximum atomic E-state index is 11.6. The van der Waals surface area contributed by atoms with Crippen LogP contribution in [0.2, 0.25) is 0 Å². The van der Waals surface area contributed by atoms with E-state index in [4.69, 9.17) is 14.9 Å². The Morgan fingerprint density at radius 1 is 1.48 bits per heavy atom. The molecule has 0 saturated carbocycles. The predicted octanol–water partition coefficient (Wildman–Crippen LogP) is 1.42. The molecule has 0 bridgehead atoms. The molecule has 0 fully saturated rings. The molecule has 0 radical (unpaired) electrons. The van der Waals surface area contributed by atoms with Gasteiger partial charge in [-0.3, -0.25) is 4.79 Å². The van der Waals surface area contributed by atoms with Crippen LogP contribution in [-0.2, 0) is 9.59 Å². The highest BCUT2D eigenvalue weighted by molar-refractivity contribution is 9.10. The van der Waals surface area contributed by atoms with Crippen LogP contribution in [0.5, 0.6) is 5.75 Å². The van der Waals surface area contributed by atoms with Gasteiger partial charge in [0, 0.05) is 29.1 Å². The Bertz CT molecular complexity index is 544. The molecular weight excluding hydrogens is 342 g/mol. The molecular formula is C14H16BrNO5. The van der Waals surface area contributed by atoms with E-state index in [2.05, 4.69) is 21.2 Å². The minimum absolute atomic E-state index is 0.0465. The Balaban J connectivity index is 2.54. The van der Waals surface area contributed by atoms with Crippen molar-refractivity contribution in [1.82, 2.24) is 5.32 Å². The monoisotopic (exact) mass is 357 g/mol. The van der Waals surface area contributed by atoms with Crippen LogP contribution in [0.4, 0.5) is 0 Å². The van der Waals surface area contributed by atoms with Crippen molar-refractivity contribution in [3.63, 3.8) is 0 Å². The third kappa shape index (κ3) is 5.97. The summed E-state index contributed by atoms with van der Waals surface area (Å²) in [5, 5.41) is 20.0. The molecule has 114 valence electrons. The summed E-state index contributed by atoms with van der Waals surface area (Å²) in [5.41, 5.74) is 0.729. The summed E-state index contributed by atoms with van der Waals surface area (Å²) >= 11 is 3.33. The maximum absolute atomic E-state index is 11.6.